The number of hydrogen-bond donors (Lipinski definition) is 1. The van der Waals surface area contributed by atoms with Gasteiger partial charge in [-0.2, -0.15) is 4.72 Å². The molecule has 1 atom stereocenters. The lowest BCUT2D eigenvalue weighted by atomic mass is 9.99. The largest absolute Gasteiger partial charge is 0.424 e. The fraction of sp³-hybridized carbons (Fsp3) is 0.241. The summed E-state index contributed by atoms with van der Waals surface area (Å²) in [5.74, 6) is -0.846. The summed E-state index contributed by atoms with van der Waals surface area (Å²) >= 11 is 6.46. The van der Waals surface area contributed by atoms with Gasteiger partial charge in [-0.1, -0.05) is 73.0 Å². The number of halogens is 1. The van der Waals surface area contributed by atoms with Crippen LogP contribution in [0.4, 0.5) is 0 Å². The number of sulfonamides is 1. The maximum absolute atomic E-state index is 13.0. The zero-order chi connectivity index (χ0) is 27.4. The fourth-order valence-electron chi connectivity index (χ4n) is 4.14. The van der Waals surface area contributed by atoms with Crippen molar-refractivity contribution in [2.45, 2.75) is 51.0 Å². The third-order valence-electron chi connectivity index (χ3n) is 6.26. The molecule has 1 N–H and O–H groups in total. The molecule has 7 nitrogen and oxygen atoms in total. The van der Waals surface area contributed by atoms with Gasteiger partial charge in [0.15, 0.2) is 5.75 Å². The molecule has 0 saturated carbocycles. The van der Waals surface area contributed by atoms with Crippen LogP contribution in [-0.4, -0.2) is 20.4 Å². The summed E-state index contributed by atoms with van der Waals surface area (Å²) in [5.41, 5.74) is 2.83. The molecule has 198 valence electrons. The smallest absolute Gasteiger partial charge is 0.340 e. The monoisotopic (exact) mass is 553 g/mol. The van der Waals surface area contributed by atoms with Crippen molar-refractivity contribution < 1.29 is 22.4 Å². The predicted molar refractivity (Wildman–Crippen MR) is 147 cm³/mol. The Balaban J connectivity index is 1.61. The lowest BCUT2D eigenvalue weighted by Gasteiger charge is -2.18. The molecule has 0 spiro atoms. The highest BCUT2D eigenvalue weighted by Crippen LogP contribution is 2.33. The summed E-state index contributed by atoms with van der Waals surface area (Å²) < 4.78 is 39.3. The first-order valence-corrected chi connectivity index (χ1v) is 14.1. The number of ether oxygens (including phenoxy) is 1. The van der Waals surface area contributed by atoms with Crippen molar-refractivity contribution in [3.05, 3.63) is 104 Å². The van der Waals surface area contributed by atoms with Crippen LogP contribution >= 0.6 is 11.6 Å². The predicted octanol–water partition coefficient (Wildman–Crippen LogP) is 5.71. The molecule has 0 aliphatic heterocycles. The van der Waals surface area contributed by atoms with Gasteiger partial charge < -0.3 is 9.15 Å². The van der Waals surface area contributed by atoms with E-state index in [2.05, 4.69) is 4.72 Å². The minimum absolute atomic E-state index is 0.0295. The summed E-state index contributed by atoms with van der Waals surface area (Å²) in [5, 5.41) is 0.746. The molecule has 0 aliphatic carbocycles. The number of carbonyl (C=O) groups excluding carboxylic acids is 1. The average Bonchev–Trinajstić information content (AvgIpc) is 2.88. The maximum atomic E-state index is 13.0. The number of carbonyl (C=O) groups is 1. The van der Waals surface area contributed by atoms with Gasteiger partial charge in [-0.15, -0.1) is 0 Å². The van der Waals surface area contributed by atoms with Gasteiger partial charge in [-0.3, -0.25) is 0 Å². The van der Waals surface area contributed by atoms with E-state index in [4.69, 9.17) is 20.8 Å². The Kier molecular flexibility index (Phi) is 8.35. The first kappa shape index (κ1) is 27.6. The first-order chi connectivity index (χ1) is 18.1. The minimum Gasteiger partial charge on any atom is -0.424 e. The third-order valence-corrected chi connectivity index (χ3v) is 8.05. The van der Waals surface area contributed by atoms with Crippen LogP contribution in [0.3, 0.4) is 0 Å². The lowest BCUT2D eigenvalue weighted by Crippen LogP contribution is -2.42. The van der Waals surface area contributed by atoms with Gasteiger partial charge in [0.2, 0.25) is 10.0 Å². The van der Waals surface area contributed by atoms with Gasteiger partial charge in [0.25, 0.3) is 0 Å². The number of nitrogens with one attached hydrogen (secondary N) is 1. The molecular weight excluding hydrogens is 526 g/mol. The molecule has 0 aliphatic rings. The number of fused-ring (bicyclic) bond motifs is 1. The van der Waals surface area contributed by atoms with E-state index in [0.29, 0.717) is 23.8 Å². The van der Waals surface area contributed by atoms with E-state index in [1.807, 2.05) is 51.1 Å². The maximum Gasteiger partial charge on any atom is 0.340 e. The molecule has 1 aromatic heterocycles. The van der Waals surface area contributed by atoms with Crippen molar-refractivity contribution in [2.24, 2.45) is 0 Å². The van der Waals surface area contributed by atoms with Gasteiger partial charge in [-0.05, 0) is 49.6 Å². The molecule has 0 fully saturated rings. The molecule has 1 unspecified atom stereocenters. The number of hydrogen-bond acceptors (Lipinski definition) is 6. The zero-order valence-electron chi connectivity index (χ0n) is 21.3. The van der Waals surface area contributed by atoms with Crippen LogP contribution in [0.1, 0.15) is 42.0 Å². The molecule has 3 aromatic carbocycles. The molecular formula is C29H28ClNO6S. The molecule has 9 heteroatoms. The Morgan fingerprint density at radius 1 is 1.05 bits per heavy atom. The molecule has 0 radical (unpaired) electrons. The average molecular weight is 554 g/mol. The Labute approximate surface area is 226 Å². The van der Waals surface area contributed by atoms with E-state index < -0.39 is 27.7 Å². The van der Waals surface area contributed by atoms with Crippen LogP contribution in [0.25, 0.3) is 11.0 Å². The van der Waals surface area contributed by atoms with E-state index in [1.54, 1.807) is 18.2 Å². The number of benzene rings is 3. The number of aryl methyl sites for hydroxylation is 2. The quantitative estimate of drug-likeness (QED) is 0.162. The standard InChI is InChI=1S/C29H28ClNO6S/c1-4-8-25(31-38(34,35)21-13-11-18(2)12-14-21)29(33)37-27-17-26-22(16-24(27)30)19(3)23(28(32)36-26)15-20-9-6-5-7-10-20/h5-7,9-14,16-17,25,31H,4,8,15H2,1-3H3. The normalized spacial score (nSPS) is 12.4. The zero-order valence-corrected chi connectivity index (χ0v) is 22.9. The fourth-order valence-corrected chi connectivity index (χ4v) is 5.56. The van der Waals surface area contributed by atoms with Crippen molar-refractivity contribution in [3.8, 4) is 5.75 Å². The van der Waals surface area contributed by atoms with Crippen LogP contribution in [0, 0.1) is 13.8 Å². The summed E-state index contributed by atoms with van der Waals surface area (Å²) in [6, 6.07) is 17.7. The van der Waals surface area contributed by atoms with Gasteiger partial charge in [0.1, 0.15) is 11.6 Å². The van der Waals surface area contributed by atoms with Crippen LogP contribution < -0.4 is 15.1 Å². The second kappa shape index (κ2) is 11.5. The van der Waals surface area contributed by atoms with Crippen LogP contribution in [-0.2, 0) is 21.2 Å². The highest BCUT2D eigenvalue weighted by Gasteiger charge is 2.28. The Hall–Kier alpha value is -3.46. The van der Waals surface area contributed by atoms with Gasteiger partial charge >= 0.3 is 11.6 Å². The molecule has 38 heavy (non-hydrogen) atoms. The van der Waals surface area contributed by atoms with Crippen molar-refractivity contribution in [2.75, 3.05) is 0 Å². The highest BCUT2D eigenvalue weighted by molar-refractivity contribution is 7.89. The Morgan fingerprint density at radius 3 is 2.39 bits per heavy atom. The second-order valence-electron chi connectivity index (χ2n) is 9.13. The molecule has 4 rings (SSSR count). The minimum atomic E-state index is -3.97. The molecule has 0 saturated heterocycles. The SMILES string of the molecule is CCCC(NS(=O)(=O)c1ccc(C)cc1)C(=O)Oc1cc2oc(=O)c(Cc3ccccc3)c(C)c2cc1Cl. The Morgan fingerprint density at radius 2 is 1.74 bits per heavy atom. The van der Waals surface area contributed by atoms with E-state index in [0.717, 1.165) is 16.7 Å². The van der Waals surface area contributed by atoms with E-state index >= 15 is 0 Å². The van der Waals surface area contributed by atoms with Crippen molar-refractivity contribution in [1.29, 1.82) is 0 Å². The lowest BCUT2D eigenvalue weighted by molar-refractivity contribution is -0.136. The van der Waals surface area contributed by atoms with Gasteiger partial charge in [-0.25, -0.2) is 18.0 Å². The first-order valence-electron chi connectivity index (χ1n) is 12.2. The van der Waals surface area contributed by atoms with Crippen molar-refractivity contribution in [1.82, 2.24) is 4.72 Å². The Bertz CT molecular complexity index is 1630. The molecule has 4 aromatic rings. The van der Waals surface area contributed by atoms with Crippen LogP contribution in [0.15, 0.2) is 80.8 Å². The second-order valence-corrected chi connectivity index (χ2v) is 11.3. The van der Waals surface area contributed by atoms with Gasteiger partial charge in [0, 0.05) is 23.4 Å². The molecule has 1 heterocycles. The summed E-state index contributed by atoms with van der Waals surface area (Å²) in [6.07, 6.45) is 1.14. The topological polar surface area (TPSA) is 103 Å². The van der Waals surface area contributed by atoms with Crippen molar-refractivity contribution >= 4 is 38.6 Å². The van der Waals surface area contributed by atoms with Crippen LogP contribution in [0.5, 0.6) is 5.75 Å². The van der Waals surface area contributed by atoms with Gasteiger partial charge in [0.05, 0.1) is 9.92 Å². The highest BCUT2D eigenvalue weighted by atomic mass is 35.5. The van der Waals surface area contributed by atoms with E-state index in [9.17, 15) is 18.0 Å². The van der Waals surface area contributed by atoms with E-state index in [1.165, 1.54) is 18.2 Å². The molecule has 0 bridgehead atoms. The van der Waals surface area contributed by atoms with Crippen LogP contribution in [0.2, 0.25) is 5.02 Å². The summed E-state index contributed by atoms with van der Waals surface area (Å²) in [7, 11) is -3.97. The van der Waals surface area contributed by atoms with E-state index in [-0.39, 0.29) is 27.7 Å². The summed E-state index contributed by atoms with van der Waals surface area (Å²) in [6.45, 7) is 5.49. The molecule has 0 amide bonds. The number of rotatable bonds is 9. The summed E-state index contributed by atoms with van der Waals surface area (Å²) in [4.78, 5) is 25.9. The third kappa shape index (κ3) is 6.15. The number of esters is 1. The van der Waals surface area contributed by atoms with Crippen molar-refractivity contribution in [3.63, 3.8) is 0 Å².